The van der Waals surface area contributed by atoms with Gasteiger partial charge in [0.25, 0.3) is 0 Å². The van der Waals surface area contributed by atoms with Gasteiger partial charge in [-0.05, 0) is 46.7 Å². The van der Waals surface area contributed by atoms with E-state index in [0.717, 1.165) is 0 Å². The van der Waals surface area contributed by atoms with Crippen molar-refractivity contribution in [1.29, 1.82) is 0 Å². The van der Waals surface area contributed by atoms with Crippen molar-refractivity contribution >= 4 is 45.2 Å². The van der Waals surface area contributed by atoms with Crippen LogP contribution in [-0.4, -0.2) is 4.43 Å². The summed E-state index contributed by atoms with van der Waals surface area (Å²) in [7, 11) is 0. The lowest BCUT2D eigenvalue weighted by Crippen LogP contribution is -1.84. The summed E-state index contributed by atoms with van der Waals surface area (Å²) in [6.45, 7) is 0. The summed E-state index contributed by atoms with van der Waals surface area (Å²) in [6.07, 6.45) is 1.19. The largest absolute Gasteiger partial charge is 0.0860 e. The summed E-state index contributed by atoms with van der Waals surface area (Å²) in [5, 5.41) is 0. The molecule has 1 aromatic rings. The third-order valence-electron chi connectivity index (χ3n) is 1.27. The third-order valence-corrected chi connectivity index (χ3v) is 2.48. The van der Waals surface area contributed by atoms with Gasteiger partial charge in [-0.25, -0.2) is 0 Å². The van der Waals surface area contributed by atoms with Crippen molar-refractivity contribution in [3.8, 4) is 0 Å². The smallest absolute Gasteiger partial charge is 0.0133 e. The fourth-order valence-corrected chi connectivity index (χ4v) is 2.03. The summed E-state index contributed by atoms with van der Waals surface area (Å²) in [4.78, 5) is 0. The molecule has 10 heavy (non-hydrogen) atoms. The van der Waals surface area contributed by atoms with E-state index in [2.05, 4.69) is 69.4 Å². The summed E-state index contributed by atoms with van der Waals surface area (Å²) >= 11 is 4.74. The minimum atomic E-state index is 1.19. The van der Waals surface area contributed by atoms with Crippen LogP contribution in [0.1, 0.15) is 5.56 Å². The van der Waals surface area contributed by atoms with Crippen LogP contribution in [0.4, 0.5) is 0 Å². The lowest BCUT2D eigenvalue weighted by atomic mass is 10.2. The van der Waals surface area contributed by atoms with Gasteiger partial charge in [0, 0.05) is 8.00 Å². The Bertz CT molecular complexity index is 208. The van der Waals surface area contributed by atoms with Crippen LogP contribution in [-0.2, 0) is 6.42 Å². The van der Waals surface area contributed by atoms with Gasteiger partial charge in [-0.3, -0.25) is 0 Å². The van der Waals surface area contributed by atoms with E-state index in [4.69, 9.17) is 0 Å². The van der Waals surface area contributed by atoms with Crippen molar-refractivity contribution in [2.24, 2.45) is 0 Å². The molecule has 0 fully saturated rings. The van der Waals surface area contributed by atoms with Gasteiger partial charge in [-0.15, -0.1) is 0 Å². The molecule has 0 nitrogen and oxygen atoms in total. The molecule has 0 aliphatic carbocycles. The zero-order chi connectivity index (χ0) is 7.40. The minimum Gasteiger partial charge on any atom is -0.0860 e. The van der Waals surface area contributed by atoms with Crippen molar-refractivity contribution < 1.29 is 0 Å². The summed E-state index contributed by atoms with van der Waals surface area (Å²) < 4.78 is 2.54. The van der Waals surface area contributed by atoms with Gasteiger partial charge in [0.1, 0.15) is 0 Å². The van der Waals surface area contributed by atoms with Crippen LogP contribution < -0.4 is 0 Å². The van der Waals surface area contributed by atoms with E-state index in [0.29, 0.717) is 0 Å². The van der Waals surface area contributed by atoms with E-state index in [1.165, 1.54) is 20.0 Å². The standard InChI is InChI=1S/C8H8I2/c9-5-4-7-2-1-3-8(10)6-7/h1-3,6H,4-5H2. The van der Waals surface area contributed by atoms with Crippen LogP contribution in [0.15, 0.2) is 24.3 Å². The Morgan fingerprint density at radius 1 is 1.30 bits per heavy atom. The van der Waals surface area contributed by atoms with Crippen molar-refractivity contribution in [3.05, 3.63) is 33.4 Å². The quantitative estimate of drug-likeness (QED) is 0.563. The molecule has 0 aliphatic heterocycles. The SMILES string of the molecule is ICCc1cccc(I)c1. The second kappa shape index (κ2) is 4.54. The maximum Gasteiger partial charge on any atom is 0.0133 e. The molecule has 1 rings (SSSR count). The molecule has 0 aromatic heterocycles. The lowest BCUT2D eigenvalue weighted by Gasteiger charge is -1.96. The van der Waals surface area contributed by atoms with Gasteiger partial charge in [-0.1, -0.05) is 34.7 Å². The van der Waals surface area contributed by atoms with E-state index in [1.54, 1.807) is 0 Å². The highest BCUT2D eigenvalue weighted by atomic mass is 127. The fourth-order valence-electron chi connectivity index (χ4n) is 0.802. The maximum atomic E-state index is 2.40. The van der Waals surface area contributed by atoms with Crippen LogP contribution in [0.2, 0.25) is 0 Å². The van der Waals surface area contributed by atoms with Crippen molar-refractivity contribution in [2.75, 3.05) is 4.43 Å². The average molecular weight is 358 g/mol. The number of hydrogen-bond acceptors (Lipinski definition) is 0. The Kier molecular flexibility index (Phi) is 3.98. The molecule has 0 unspecified atom stereocenters. The van der Waals surface area contributed by atoms with Gasteiger partial charge in [0.2, 0.25) is 0 Å². The molecule has 0 atom stereocenters. The number of aryl methyl sites for hydroxylation is 1. The topological polar surface area (TPSA) is 0 Å². The second-order valence-corrected chi connectivity index (χ2v) is 4.39. The third kappa shape index (κ3) is 2.74. The van der Waals surface area contributed by atoms with E-state index in [-0.39, 0.29) is 0 Å². The number of hydrogen-bond donors (Lipinski definition) is 0. The molecule has 2 heteroatoms. The Hall–Kier alpha value is 0.680. The normalized spacial score (nSPS) is 9.80. The van der Waals surface area contributed by atoms with Gasteiger partial charge in [0.15, 0.2) is 0 Å². The monoisotopic (exact) mass is 358 g/mol. The van der Waals surface area contributed by atoms with E-state index < -0.39 is 0 Å². The Morgan fingerprint density at radius 2 is 2.10 bits per heavy atom. The van der Waals surface area contributed by atoms with Crippen LogP contribution in [0.3, 0.4) is 0 Å². The highest BCUT2D eigenvalue weighted by Gasteiger charge is 1.90. The first-order chi connectivity index (χ1) is 4.83. The Balaban J connectivity index is 2.75. The molecule has 0 N–H and O–H groups in total. The molecule has 0 amide bonds. The van der Waals surface area contributed by atoms with Crippen molar-refractivity contribution in [2.45, 2.75) is 6.42 Å². The Morgan fingerprint density at radius 3 is 2.70 bits per heavy atom. The van der Waals surface area contributed by atoms with Crippen molar-refractivity contribution in [1.82, 2.24) is 0 Å². The molecule has 0 spiro atoms. The molecule has 0 bridgehead atoms. The molecular formula is C8H8I2. The second-order valence-electron chi connectivity index (χ2n) is 2.07. The first-order valence-electron chi connectivity index (χ1n) is 3.13. The molecular weight excluding hydrogens is 350 g/mol. The van der Waals surface area contributed by atoms with E-state index >= 15 is 0 Å². The number of halogens is 2. The highest BCUT2D eigenvalue weighted by molar-refractivity contribution is 14.1. The van der Waals surface area contributed by atoms with Crippen molar-refractivity contribution in [3.63, 3.8) is 0 Å². The molecule has 0 heterocycles. The fraction of sp³-hybridized carbons (Fsp3) is 0.250. The molecule has 1 aromatic carbocycles. The van der Waals surface area contributed by atoms with Gasteiger partial charge in [0.05, 0.1) is 0 Å². The van der Waals surface area contributed by atoms with Crippen LogP contribution >= 0.6 is 45.2 Å². The zero-order valence-corrected chi connectivity index (χ0v) is 9.79. The Labute approximate surface area is 88.7 Å². The predicted molar refractivity (Wildman–Crippen MR) is 61.8 cm³/mol. The lowest BCUT2D eigenvalue weighted by molar-refractivity contribution is 1.18. The van der Waals surface area contributed by atoms with Crippen LogP contribution in [0.5, 0.6) is 0 Å². The van der Waals surface area contributed by atoms with Gasteiger partial charge >= 0.3 is 0 Å². The predicted octanol–water partition coefficient (Wildman–Crippen LogP) is 3.27. The molecule has 0 saturated heterocycles. The number of rotatable bonds is 2. The van der Waals surface area contributed by atoms with E-state index in [1.807, 2.05) is 0 Å². The van der Waals surface area contributed by atoms with Gasteiger partial charge < -0.3 is 0 Å². The zero-order valence-electron chi connectivity index (χ0n) is 5.48. The summed E-state index contributed by atoms with van der Waals surface area (Å²) in [5.74, 6) is 0. The maximum absolute atomic E-state index is 2.40. The van der Waals surface area contributed by atoms with Gasteiger partial charge in [-0.2, -0.15) is 0 Å². The summed E-state index contributed by atoms with van der Waals surface area (Å²) in [5.41, 5.74) is 1.45. The number of benzene rings is 1. The molecule has 0 aliphatic rings. The van der Waals surface area contributed by atoms with Crippen LogP contribution in [0.25, 0.3) is 0 Å². The first-order valence-corrected chi connectivity index (χ1v) is 5.74. The first kappa shape index (κ1) is 8.77. The molecule has 0 saturated carbocycles. The number of alkyl halides is 1. The average Bonchev–Trinajstić information content (AvgIpc) is 1.88. The van der Waals surface area contributed by atoms with Crippen LogP contribution in [0, 0.1) is 3.57 Å². The minimum absolute atomic E-state index is 1.19. The highest BCUT2D eigenvalue weighted by Crippen LogP contribution is 2.08. The van der Waals surface area contributed by atoms with E-state index in [9.17, 15) is 0 Å². The molecule has 0 radical (unpaired) electrons. The summed E-state index contributed by atoms with van der Waals surface area (Å²) in [6, 6.07) is 8.65. The molecule has 54 valence electrons.